The molecule has 38 nitrogen and oxygen atoms in total. The third-order valence-electron chi connectivity index (χ3n) is 22.1. The Morgan fingerprint density at radius 1 is 0.350 bits per heavy atom. The molecule has 0 saturated carbocycles. The molecule has 3 fully saturated rings. The van der Waals surface area contributed by atoms with Crippen LogP contribution in [-0.4, -0.2) is 365 Å². The molecule has 0 aromatic heterocycles. The number of benzene rings is 5. The maximum absolute atomic E-state index is 13.7. The standard InChI is InChI=1S/C19H29Br2N3O4S.C18H27Br2N3O5S.C16H26Br2N4O4S.C16H25Br2N3O4S.C15H21Br2N3O5S/c1-15-13-16(24(25)26)14-18(19(15)23(11-7-20)12-8-21)29(27,28)17-5-3-9-22(2)10-4-6-17;1-15-13-16(23(24)25)14-17(18(15)22(6-3-19)7-4-20)29(26,27)12-2-5-21-8-10-28-11-9-21;1-13-11-14(22(23)24)12-15(16(13)21(7-5-17)8-6-18)27(25,26)20(4)10-9-19(2)3;1-13-11-14(21(22)23)12-15(16(13)20(8-5-17)9-6-18)26(24,25)10-4-7-19(2)3;1-12-10-13(20(21)22)11-14(15(12)18(4-2-16)5-3-17)26(23,24)19-6-8-25-9-7-19/h13-14,17H,3-12H2,1-2H3;13-14H,2-12H2,1H3;11-12H,5-10H2,1-4H3;11-12H,4-10H2,1-3H3;10-11H,2-9H2,1H3. The highest BCUT2D eigenvalue weighted by molar-refractivity contribution is 9.10. The number of hydrogen-bond acceptors (Lipinski definition) is 31. The zero-order valence-electron chi connectivity index (χ0n) is 79.0. The monoisotopic (exact) mass is 2660 g/mol. The molecule has 3 saturated heterocycles. The maximum Gasteiger partial charge on any atom is 0.271 e. The molecule has 8 rings (SSSR count). The van der Waals surface area contributed by atoms with Crippen molar-refractivity contribution < 1.29 is 76.2 Å². The SMILES string of the molecule is Cc1cc([N+](=O)[O-])cc(S(=O)(=O)C2CCCN(C)CCC2)c1N(CCBr)CCBr.Cc1cc([N+](=O)[O-])cc(S(=O)(=O)CCCN(C)C)c1N(CCBr)CCBr.Cc1cc([N+](=O)[O-])cc(S(=O)(=O)CCCN2CCOCC2)c1N(CCBr)CCBr.Cc1cc([N+](=O)[O-])cc(S(=O)(=O)N(C)CCN(C)C)c1N(CCBr)CCBr.Cc1cc([N+](=O)[O-])cc(S(=O)(=O)N2CCOCC2)c1N(CCBr)CCBr. The second-order valence-corrected chi connectivity index (χ2v) is 50.9. The van der Waals surface area contributed by atoms with E-state index in [1.165, 1.54) is 76.3 Å². The molecule has 0 radical (unpaired) electrons. The Labute approximate surface area is 891 Å². The van der Waals surface area contributed by atoms with Crippen molar-refractivity contribution in [3.63, 3.8) is 0 Å². The van der Waals surface area contributed by atoms with Crippen LogP contribution in [0.1, 0.15) is 66.3 Å². The number of halogens is 10. The number of aryl methyl sites for hydroxylation is 5. The third kappa shape index (κ3) is 38.6. The summed E-state index contributed by atoms with van der Waals surface area (Å²) < 4.78 is 146. The number of sulfone groups is 3. The maximum atomic E-state index is 13.7. The Morgan fingerprint density at radius 2 is 0.620 bits per heavy atom. The Hall–Kier alpha value is -3.67. The van der Waals surface area contributed by atoms with Gasteiger partial charge >= 0.3 is 0 Å². The van der Waals surface area contributed by atoms with Crippen LogP contribution in [0, 0.1) is 85.2 Å². The van der Waals surface area contributed by atoms with E-state index in [0.29, 0.717) is 247 Å². The zero-order valence-corrected chi connectivity index (χ0v) is 98.9. The molecule has 53 heteroatoms. The quantitative estimate of drug-likeness (QED) is 0.0198. The zero-order chi connectivity index (χ0) is 103. The smallest absolute Gasteiger partial charge is 0.271 e. The number of rotatable bonds is 49. The lowest BCUT2D eigenvalue weighted by Gasteiger charge is -2.31. The minimum atomic E-state index is -3.90. The number of nitro benzene ring substituents is 5. The van der Waals surface area contributed by atoms with Crippen molar-refractivity contribution in [1.82, 2.24) is 28.2 Å². The summed E-state index contributed by atoms with van der Waals surface area (Å²) in [5.74, 6) is -0.0936. The highest BCUT2D eigenvalue weighted by Crippen LogP contribution is 2.42. The fourth-order valence-corrected chi connectivity index (χ4v) is 28.4. The summed E-state index contributed by atoms with van der Waals surface area (Å²) in [6.07, 6.45) is 3.69. The first-order valence-corrected chi connectivity index (χ1v) is 62.8. The van der Waals surface area contributed by atoms with E-state index in [1.807, 2.05) is 62.5 Å². The van der Waals surface area contributed by atoms with Crippen molar-refractivity contribution in [2.75, 3.05) is 289 Å². The molecule has 3 aliphatic heterocycles. The van der Waals surface area contributed by atoms with Crippen LogP contribution in [0.3, 0.4) is 0 Å². The molecule has 0 amide bonds. The number of alkyl halides is 10. The molecule has 0 spiro atoms. The second kappa shape index (κ2) is 62.3. The van der Waals surface area contributed by atoms with Gasteiger partial charge < -0.3 is 48.7 Å². The van der Waals surface area contributed by atoms with Crippen molar-refractivity contribution in [2.45, 2.75) is 103 Å². The number of hydrogen-bond donors (Lipinski definition) is 0. The molecular weight excluding hydrogens is 2540 g/mol. The van der Waals surface area contributed by atoms with E-state index >= 15 is 0 Å². The van der Waals surface area contributed by atoms with Crippen LogP contribution in [0.2, 0.25) is 0 Å². The molecule has 5 aromatic carbocycles. The van der Waals surface area contributed by atoms with Gasteiger partial charge in [0.15, 0.2) is 29.5 Å². The van der Waals surface area contributed by atoms with Gasteiger partial charge in [0.2, 0.25) is 20.0 Å². The summed E-state index contributed by atoms with van der Waals surface area (Å²) in [6, 6.07) is 13.2. The number of anilines is 5. The van der Waals surface area contributed by atoms with Gasteiger partial charge in [-0.15, -0.1) is 0 Å². The molecule has 3 heterocycles. The first-order chi connectivity index (χ1) is 64.5. The second-order valence-electron chi connectivity index (χ2n) is 32.7. The van der Waals surface area contributed by atoms with Crippen LogP contribution in [0.4, 0.5) is 56.9 Å². The number of non-ortho nitro benzene ring substituents is 5. The van der Waals surface area contributed by atoms with Crippen molar-refractivity contribution in [1.29, 1.82) is 0 Å². The van der Waals surface area contributed by atoms with Gasteiger partial charge in [-0.3, -0.25) is 55.5 Å². The predicted molar refractivity (Wildman–Crippen MR) is 582 cm³/mol. The van der Waals surface area contributed by atoms with Gasteiger partial charge in [-0.1, -0.05) is 159 Å². The number of likely N-dealkylation sites (N-methyl/N-ethyl adjacent to an activating group) is 2. The molecule has 137 heavy (non-hydrogen) atoms. The summed E-state index contributed by atoms with van der Waals surface area (Å²) >= 11 is 34.0. The largest absolute Gasteiger partial charge is 0.379 e. The lowest BCUT2D eigenvalue weighted by atomic mass is 10.1. The minimum absolute atomic E-state index is 0.0204. The van der Waals surface area contributed by atoms with E-state index in [9.17, 15) is 92.7 Å². The molecule has 3 aliphatic rings. The van der Waals surface area contributed by atoms with Crippen LogP contribution >= 0.6 is 159 Å². The Bertz CT molecular complexity index is 5320. The van der Waals surface area contributed by atoms with E-state index in [0.717, 1.165) is 39.0 Å². The Morgan fingerprint density at radius 3 is 0.927 bits per heavy atom. The molecule has 0 unspecified atom stereocenters. The average molecular weight is 2670 g/mol. The summed E-state index contributed by atoms with van der Waals surface area (Å²) in [6.45, 7) is 22.4. The van der Waals surface area contributed by atoms with E-state index in [4.69, 9.17) is 9.47 Å². The fourth-order valence-electron chi connectivity index (χ4n) is 15.6. The van der Waals surface area contributed by atoms with Crippen LogP contribution in [0.15, 0.2) is 85.1 Å². The molecule has 0 bridgehead atoms. The van der Waals surface area contributed by atoms with Gasteiger partial charge in [0.1, 0.15) is 9.79 Å². The number of sulfonamides is 2. The van der Waals surface area contributed by atoms with Gasteiger partial charge in [-0.25, -0.2) is 42.1 Å². The summed E-state index contributed by atoms with van der Waals surface area (Å²) in [7, 11) is -7.79. The first-order valence-electron chi connectivity index (χ1n) is 43.9. The van der Waals surface area contributed by atoms with Crippen molar-refractivity contribution in [3.05, 3.63) is 139 Å². The lowest BCUT2D eigenvalue weighted by Crippen LogP contribution is -2.41. The third-order valence-corrected chi connectivity index (χ3v) is 35.3. The van der Waals surface area contributed by atoms with Gasteiger partial charge in [-0.2, -0.15) is 8.61 Å². The highest BCUT2D eigenvalue weighted by Gasteiger charge is 2.38. The van der Waals surface area contributed by atoms with Gasteiger partial charge in [-0.05, 0) is 162 Å². The number of nitrogens with zero attached hydrogens (tertiary/aromatic N) is 16. The van der Waals surface area contributed by atoms with E-state index in [2.05, 4.69) is 176 Å². The van der Waals surface area contributed by atoms with Crippen molar-refractivity contribution in [2.24, 2.45) is 0 Å². The summed E-state index contributed by atoms with van der Waals surface area (Å²) in [4.78, 5) is 72.0. The fraction of sp³-hybridized carbons (Fsp3) is 0.643. The number of morpholine rings is 2. The topological polar surface area (TPSA) is 440 Å². The summed E-state index contributed by atoms with van der Waals surface area (Å²) in [5.41, 5.74) is 4.62. The van der Waals surface area contributed by atoms with Crippen LogP contribution in [0.25, 0.3) is 0 Å². The van der Waals surface area contributed by atoms with Crippen LogP contribution in [-0.2, 0) is 59.0 Å². The van der Waals surface area contributed by atoms with Gasteiger partial charge in [0.05, 0.1) is 111 Å². The van der Waals surface area contributed by atoms with E-state index < -0.39 is 79.4 Å². The Kier molecular flexibility index (Phi) is 57.2. The number of nitro groups is 5. The van der Waals surface area contributed by atoms with Crippen LogP contribution < -0.4 is 24.5 Å². The first kappa shape index (κ1) is 126. The normalized spacial score (nSPS) is 14.5. The summed E-state index contributed by atoms with van der Waals surface area (Å²) in [5, 5.41) is 62.7. The van der Waals surface area contributed by atoms with Crippen molar-refractivity contribution in [3.8, 4) is 0 Å². The number of ether oxygens (including phenoxy) is 2. The highest BCUT2D eigenvalue weighted by atomic mass is 79.9. The van der Waals surface area contributed by atoms with Crippen LogP contribution in [0.5, 0.6) is 0 Å². The van der Waals surface area contributed by atoms with Crippen molar-refractivity contribution >= 4 is 266 Å². The molecule has 0 atom stereocenters. The molecule has 5 aromatic rings. The molecule has 776 valence electrons. The minimum Gasteiger partial charge on any atom is -0.379 e. The van der Waals surface area contributed by atoms with Gasteiger partial charge in [0, 0.05) is 226 Å². The van der Waals surface area contributed by atoms with Gasteiger partial charge in [0.25, 0.3) is 28.4 Å². The Balaban J connectivity index is 0.000000358. The predicted octanol–water partition coefficient (Wildman–Crippen LogP) is 15.6. The van der Waals surface area contributed by atoms with E-state index in [-0.39, 0.29) is 84.1 Å². The molecule has 0 N–H and O–H groups in total. The average Bonchev–Trinajstić information content (AvgIpc) is 0.756. The lowest BCUT2D eigenvalue weighted by molar-refractivity contribution is -0.385. The molecular formula is C84H128Br10N16O22S5. The van der Waals surface area contributed by atoms with E-state index in [1.54, 1.807) is 34.6 Å². The number of likely N-dealkylation sites (tertiary alicyclic amines) is 1. The molecule has 0 aliphatic carbocycles.